The van der Waals surface area contributed by atoms with Crippen LogP contribution < -0.4 is 10.2 Å². The molecule has 1 N–H and O–H groups in total. The minimum atomic E-state index is -3.52. The zero-order valence-electron chi connectivity index (χ0n) is 16.2. The fourth-order valence-corrected chi connectivity index (χ4v) is 4.87. The summed E-state index contributed by atoms with van der Waals surface area (Å²) in [5, 5.41) is 2.88. The number of nitrogens with zero attached hydrogens (tertiary/aromatic N) is 2. The number of carbonyl (C=O) groups is 1. The minimum Gasteiger partial charge on any atom is -0.375 e. The average molecular weight is 402 g/mol. The standard InChI is InChI=1S/C21H27N3O3S/c1-23(19-10-3-2-4-11-19)14-8-13-22-21(25)18-9-7-12-20(17-18)28(26,27)24-15-5-6-16-24/h2-4,7,9-12,17H,5-6,8,13-16H2,1H3,(H,22,25). The largest absolute Gasteiger partial charge is 0.375 e. The molecule has 2 aromatic carbocycles. The Morgan fingerprint density at radius 2 is 1.79 bits per heavy atom. The van der Waals surface area contributed by atoms with Crippen LogP contribution in [0.25, 0.3) is 0 Å². The van der Waals surface area contributed by atoms with E-state index in [4.69, 9.17) is 0 Å². The number of hydrogen-bond donors (Lipinski definition) is 1. The summed E-state index contributed by atoms with van der Waals surface area (Å²) < 4.78 is 26.8. The molecule has 28 heavy (non-hydrogen) atoms. The number of nitrogens with one attached hydrogen (secondary N) is 1. The van der Waals surface area contributed by atoms with E-state index in [-0.39, 0.29) is 10.8 Å². The van der Waals surface area contributed by atoms with Crippen LogP contribution in [0.2, 0.25) is 0 Å². The van der Waals surface area contributed by atoms with Gasteiger partial charge in [0.25, 0.3) is 5.91 Å². The number of amides is 1. The maximum atomic E-state index is 12.7. The molecule has 1 aliphatic rings. The van der Waals surface area contributed by atoms with E-state index in [1.165, 1.54) is 10.4 Å². The molecular weight excluding hydrogens is 374 g/mol. The van der Waals surface area contributed by atoms with Crippen LogP contribution in [-0.2, 0) is 10.0 Å². The molecule has 1 fully saturated rings. The van der Waals surface area contributed by atoms with Crippen LogP contribution in [0, 0.1) is 0 Å². The number of rotatable bonds is 8. The van der Waals surface area contributed by atoms with Gasteiger partial charge in [-0.15, -0.1) is 0 Å². The topological polar surface area (TPSA) is 69.7 Å². The Hall–Kier alpha value is -2.38. The van der Waals surface area contributed by atoms with Gasteiger partial charge in [0.15, 0.2) is 0 Å². The van der Waals surface area contributed by atoms with Gasteiger partial charge in [-0.25, -0.2) is 8.42 Å². The highest BCUT2D eigenvalue weighted by Gasteiger charge is 2.27. The maximum Gasteiger partial charge on any atom is 0.251 e. The van der Waals surface area contributed by atoms with Crippen LogP contribution in [-0.4, -0.2) is 51.9 Å². The van der Waals surface area contributed by atoms with Crippen molar-refractivity contribution < 1.29 is 13.2 Å². The van der Waals surface area contributed by atoms with Crippen molar-refractivity contribution in [3.05, 3.63) is 60.2 Å². The molecular formula is C21H27N3O3S. The van der Waals surface area contributed by atoms with Crippen LogP contribution in [0.4, 0.5) is 5.69 Å². The first-order valence-electron chi connectivity index (χ1n) is 9.63. The lowest BCUT2D eigenvalue weighted by atomic mass is 10.2. The molecule has 0 aromatic heterocycles. The summed E-state index contributed by atoms with van der Waals surface area (Å²) in [6.45, 7) is 2.44. The summed E-state index contributed by atoms with van der Waals surface area (Å²) in [5.74, 6) is -0.249. The van der Waals surface area contributed by atoms with Gasteiger partial charge in [-0.05, 0) is 49.6 Å². The van der Waals surface area contributed by atoms with Gasteiger partial charge in [0, 0.05) is 44.5 Å². The average Bonchev–Trinajstić information content (AvgIpc) is 3.27. The Morgan fingerprint density at radius 3 is 2.50 bits per heavy atom. The first-order chi connectivity index (χ1) is 13.5. The van der Waals surface area contributed by atoms with E-state index in [1.807, 2.05) is 37.4 Å². The van der Waals surface area contributed by atoms with E-state index in [1.54, 1.807) is 18.2 Å². The molecule has 0 saturated carbocycles. The molecule has 0 bridgehead atoms. The van der Waals surface area contributed by atoms with Gasteiger partial charge in [0.1, 0.15) is 0 Å². The van der Waals surface area contributed by atoms with Crippen LogP contribution in [0.5, 0.6) is 0 Å². The van der Waals surface area contributed by atoms with E-state index in [0.29, 0.717) is 25.2 Å². The predicted octanol–water partition coefficient (Wildman–Crippen LogP) is 2.73. The first kappa shape index (κ1) is 20.4. The zero-order chi connectivity index (χ0) is 20.0. The molecule has 0 aliphatic carbocycles. The second-order valence-corrected chi connectivity index (χ2v) is 8.94. The van der Waals surface area contributed by atoms with E-state index >= 15 is 0 Å². The molecule has 6 nitrogen and oxygen atoms in total. The number of sulfonamides is 1. The number of hydrogen-bond acceptors (Lipinski definition) is 4. The second-order valence-electron chi connectivity index (χ2n) is 7.01. The molecule has 1 aliphatic heterocycles. The maximum absolute atomic E-state index is 12.7. The Kier molecular flexibility index (Phi) is 6.70. The van der Waals surface area contributed by atoms with E-state index in [2.05, 4.69) is 10.2 Å². The summed E-state index contributed by atoms with van der Waals surface area (Å²) in [6.07, 6.45) is 2.57. The van der Waals surface area contributed by atoms with Crippen molar-refractivity contribution in [1.29, 1.82) is 0 Å². The quantitative estimate of drug-likeness (QED) is 0.691. The molecule has 1 saturated heterocycles. The van der Waals surface area contributed by atoms with Gasteiger partial charge >= 0.3 is 0 Å². The van der Waals surface area contributed by atoms with Crippen molar-refractivity contribution in [3.8, 4) is 0 Å². The number of para-hydroxylation sites is 1. The Balaban J connectivity index is 1.53. The van der Waals surface area contributed by atoms with Gasteiger partial charge in [-0.2, -0.15) is 4.31 Å². The van der Waals surface area contributed by atoms with Crippen molar-refractivity contribution in [2.24, 2.45) is 0 Å². The highest BCUT2D eigenvalue weighted by molar-refractivity contribution is 7.89. The molecule has 0 atom stereocenters. The van der Waals surface area contributed by atoms with E-state index in [0.717, 1.165) is 31.5 Å². The Bertz CT molecular complexity index is 894. The number of anilines is 1. The van der Waals surface area contributed by atoms with Gasteiger partial charge < -0.3 is 10.2 Å². The SMILES string of the molecule is CN(CCCNC(=O)c1cccc(S(=O)(=O)N2CCCC2)c1)c1ccccc1. The van der Waals surface area contributed by atoms with Crippen molar-refractivity contribution in [1.82, 2.24) is 9.62 Å². The zero-order valence-corrected chi connectivity index (χ0v) is 17.0. The molecule has 150 valence electrons. The van der Waals surface area contributed by atoms with Crippen LogP contribution in [0.3, 0.4) is 0 Å². The molecule has 0 spiro atoms. The summed E-state index contributed by atoms with van der Waals surface area (Å²) in [7, 11) is -1.50. The van der Waals surface area contributed by atoms with Gasteiger partial charge in [-0.3, -0.25) is 4.79 Å². The van der Waals surface area contributed by atoms with Crippen LogP contribution in [0.1, 0.15) is 29.6 Å². The molecule has 1 amide bonds. The predicted molar refractivity (Wildman–Crippen MR) is 111 cm³/mol. The Morgan fingerprint density at radius 1 is 1.07 bits per heavy atom. The minimum absolute atomic E-state index is 0.186. The van der Waals surface area contributed by atoms with Gasteiger partial charge in [0.2, 0.25) is 10.0 Å². The molecule has 7 heteroatoms. The van der Waals surface area contributed by atoms with E-state index < -0.39 is 10.0 Å². The monoisotopic (exact) mass is 401 g/mol. The summed E-state index contributed by atoms with van der Waals surface area (Å²) in [6, 6.07) is 16.4. The van der Waals surface area contributed by atoms with Crippen molar-refractivity contribution in [2.75, 3.05) is 38.1 Å². The smallest absolute Gasteiger partial charge is 0.251 e. The third kappa shape index (κ3) is 4.91. The number of carbonyl (C=O) groups excluding carboxylic acids is 1. The lowest BCUT2D eigenvalue weighted by Gasteiger charge is -2.19. The second kappa shape index (κ2) is 9.21. The highest BCUT2D eigenvalue weighted by atomic mass is 32.2. The van der Waals surface area contributed by atoms with Crippen LogP contribution >= 0.6 is 0 Å². The molecule has 1 heterocycles. The van der Waals surface area contributed by atoms with Crippen molar-refractivity contribution in [3.63, 3.8) is 0 Å². The van der Waals surface area contributed by atoms with Crippen molar-refractivity contribution in [2.45, 2.75) is 24.2 Å². The van der Waals surface area contributed by atoms with Crippen molar-refractivity contribution >= 4 is 21.6 Å². The molecule has 3 rings (SSSR count). The van der Waals surface area contributed by atoms with E-state index in [9.17, 15) is 13.2 Å². The van der Waals surface area contributed by atoms with Gasteiger partial charge in [-0.1, -0.05) is 24.3 Å². The normalized spacial score (nSPS) is 14.8. The summed E-state index contributed by atoms with van der Waals surface area (Å²) in [5.41, 5.74) is 1.50. The summed E-state index contributed by atoms with van der Waals surface area (Å²) in [4.78, 5) is 14.7. The highest BCUT2D eigenvalue weighted by Crippen LogP contribution is 2.21. The molecule has 0 unspecified atom stereocenters. The fourth-order valence-electron chi connectivity index (χ4n) is 3.31. The third-order valence-corrected chi connectivity index (χ3v) is 6.85. The summed E-state index contributed by atoms with van der Waals surface area (Å²) >= 11 is 0. The lowest BCUT2D eigenvalue weighted by Crippen LogP contribution is -2.29. The Labute approximate surface area is 167 Å². The fraction of sp³-hybridized carbons (Fsp3) is 0.381. The van der Waals surface area contributed by atoms with Gasteiger partial charge in [0.05, 0.1) is 4.90 Å². The third-order valence-electron chi connectivity index (χ3n) is 4.95. The molecule has 2 aromatic rings. The van der Waals surface area contributed by atoms with Crippen LogP contribution in [0.15, 0.2) is 59.5 Å². The first-order valence-corrected chi connectivity index (χ1v) is 11.1. The molecule has 0 radical (unpaired) electrons. The lowest BCUT2D eigenvalue weighted by molar-refractivity contribution is 0.0953. The number of benzene rings is 2.